The van der Waals surface area contributed by atoms with Crippen LogP contribution in [0, 0.1) is 5.92 Å². The fraction of sp³-hybridized carbons (Fsp3) is 0.800. The third-order valence-electron chi connectivity index (χ3n) is 4.06. The number of carbonyl (C=O) groups excluding carboxylic acids is 1. The molecule has 7 heteroatoms. The zero-order valence-corrected chi connectivity index (χ0v) is 13.3. The molecular weight excluding hydrogens is 282 g/mol. The van der Waals surface area contributed by atoms with Gasteiger partial charge in [-0.15, -0.1) is 10.2 Å². The van der Waals surface area contributed by atoms with E-state index in [9.17, 15) is 4.79 Å². The maximum Gasteiger partial charge on any atom is 0.238 e. The van der Waals surface area contributed by atoms with Gasteiger partial charge in [-0.1, -0.05) is 6.92 Å². The van der Waals surface area contributed by atoms with Gasteiger partial charge in [-0.25, -0.2) is 0 Å². The molecule has 4 N–H and O–H groups in total. The number of hydrogen-bond acceptors (Lipinski definition) is 6. The number of unbranched alkanes of at least 4 members (excludes halogenated alkanes) is 1. The molecule has 2 rings (SSSR count). The van der Waals surface area contributed by atoms with Crippen LogP contribution in [-0.4, -0.2) is 35.7 Å². The first-order valence-corrected chi connectivity index (χ1v) is 8.28. The van der Waals surface area contributed by atoms with Gasteiger partial charge in [-0.05, 0) is 51.7 Å². The number of aryl methyl sites for hydroxylation is 1. The van der Waals surface area contributed by atoms with Crippen LogP contribution >= 0.6 is 0 Å². The largest absolute Gasteiger partial charge is 0.423 e. The van der Waals surface area contributed by atoms with Gasteiger partial charge in [0.05, 0.1) is 0 Å². The SMILES string of the molecule is CCc1nnc([C@H](CCCCN)NC(=O)C2CCNCC2)o1. The number of nitrogens with two attached hydrogens (primary N) is 1. The van der Waals surface area contributed by atoms with Crippen molar-refractivity contribution >= 4 is 5.91 Å². The van der Waals surface area contributed by atoms with Crippen molar-refractivity contribution in [1.29, 1.82) is 0 Å². The van der Waals surface area contributed by atoms with Gasteiger partial charge < -0.3 is 20.8 Å². The van der Waals surface area contributed by atoms with E-state index in [1.807, 2.05) is 6.92 Å². The van der Waals surface area contributed by atoms with Crippen LogP contribution in [0.15, 0.2) is 4.42 Å². The van der Waals surface area contributed by atoms with Crippen LogP contribution in [-0.2, 0) is 11.2 Å². The summed E-state index contributed by atoms with van der Waals surface area (Å²) >= 11 is 0. The van der Waals surface area contributed by atoms with E-state index in [0.29, 0.717) is 24.7 Å². The summed E-state index contributed by atoms with van der Waals surface area (Å²) in [4.78, 5) is 12.4. The normalized spacial score (nSPS) is 17.4. The van der Waals surface area contributed by atoms with E-state index >= 15 is 0 Å². The Balaban J connectivity index is 1.98. The summed E-state index contributed by atoms with van der Waals surface area (Å²) in [5, 5.41) is 14.5. The fourth-order valence-electron chi connectivity index (χ4n) is 2.67. The molecule has 1 aliphatic heterocycles. The highest BCUT2D eigenvalue weighted by atomic mass is 16.4. The van der Waals surface area contributed by atoms with Crippen LogP contribution in [0.5, 0.6) is 0 Å². The van der Waals surface area contributed by atoms with Gasteiger partial charge in [0.25, 0.3) is 0 Å². The van der Waals surface area contributed by atoms with Crippen LogP contribution in [0.3, 0.4) is 0 Å². The molecule has 0 aliphatic carbocycles. The monoisotopic (exact) mass is 309 g/mol. The molecule has 1 aromatic heterocycles. The molecule has 1 aliphatic rings. The molecule has 0 radical (unpaired) electrons. The van der Waals surface area contributed by atoms with Gasteiger partial charge in [0.15, 0.2) is 0 Å². The molecule has 0 spiro atoms. The molecule has 1 aromatic rings. The van der Waals surface area contributed by atoms with Crippen LogP contribution in [0.1, 0.15) is 56.9 Å². The predicted molar refractivity (Wildman–Crippen MR) is 83.1 cm³/mol. The second-order valence-corrected chi connectivity index (χ2v) is 5.76. The van der Waals surface area contributed by atoms with Crippen LogP contribution in [0.25, 0.3) is 0 Å². The summed E-state index contributed by atoms with van der Waals surface area (Å²) in [5.74, 6) is 1.29. The molecule has 0 bridgehead atoms. The molecule has 0 aromatic carbocycles. The smallest absolute Gasteiger partial charge is 0.238 e. The quantitative estimate of drug-likeness (QED) is 0.617. The highest BCUT2D eigenvalue weighted by Gasteiger charge is 2.26. The number of hydrogen-bond donors (Lipinski definition) is 3. The van der Waals surface area contributed by atoms with E-state index in [1.54, 1.807) is 0 Å². The average molecular weight is 309 g/mol. The Morgan fingerprint density at radius 1 is 1.41 bits per heavy atom. The summed E-state index contributed by atoms with van der Waals surface area (Å²) in [6, 6.07) is -0.207. The molecule has 1 saturated heterocycles. The second kappa shape index (κ2) is 8.85. The van der Waals surface area contributed by atoms with Crippen molar-refractivity contribution < 1.29 is 9.21 Å². The summed E-state index contributed by atoms with van der Waals surface area (Å²) in [7, 11) is 0. The minimum atomic E-state index is -0.207. The topological polar surface area (TPSA) is 106 Å². The molecule has 7 nitrogen and oxygen atoms in total. The lowest BCUT2D eigenvalue weighted by Gasteiger charge is -2.24. The van der Waals surface area contributed by atoms with E-state index in [1.165, 1.54) is 0 Å². The Labute approximate surface area is 131 Å². The Morgan fingerprint density at radius 3 is 2.82 bits per heavy atom. The van der Waals surface area contributed by atoms with Crippen molar-refractivity contribution in [3.8, 4) is 0 Å². The van der Waals surface area contributed by atoms with Crippen LogP contribution in [0.4, 0.5) is 0 Å². The van der Waals surface area contributed by atoms with Gasteiger partial charge in [-0.3, -0.25) is 4.79 Å². The Bertz CT molecular complexity index is 457. The van der Waals surface area contributed by atoms with Crippen molar-refractivity contribution in [3.05, 3.63) is 11.8 Å². The van der Waals surface area contributed by atoms with E-state index in [4.69, 9.17) is 10.2 Å². The number of aromatic nitrogens is 2. The van der Waals surface area contributed by atoms with Gasteiger partial charge in [0.1, 0.15) is 6.04 Å². The number of piperidine rings is 1. The molecule has 22 heavy (non-hydrogen) atoms. The lowest BCUT2D eigenvalue weighted by molar-refractivity contribution is -0.126. The standard InChI is InChI=1S/C15H27N5O2/c1-2-13-19-20-15(22-13)12(5-3-4-8-16)18-14(21)11-6-9-17-10-7-11/h11-12,17H,2-10,16H2,1H3,(H,18,21)/t12-/m0/s1. The molecule has 124 valence electrons. The van der Waals surface area contributed by atoms with Gasteiger partial charge in [0, 0.05) is 12.3 Å². The van der Waals surface area contributed by atoms with Crippen LogP contribution in [0.2, 0.25) is 0 Å². The Morgan fingerprint density at radius 2 is 2.18 bits per heavy atom. The van der Waals surface area contributed by atoms with Crippen molar-refractivity contribution in [1.82, 2.24) is 20.8 Å². The molecule has 1 fully saturated rings. The maximum atomic E-state index is 12.4. The minimum Gasteiger partial charge on any atom is -0.423 e. The van der Waals surface area contributed by atoms with E-state index in [2.05, 4.69) is 20.8 Å². The molecule has 0 unspecified atom stereocenters. The Hall–Kier alpha value is -1.47. The lowest BCUT2D eigenvalue weighted by atomic mass is 9.96. The summed E-state index contributed by atoms with van der Waals surface area (Å²) in [5.41, 5.74) is 5.55. The number of nitrogens with one attached hydrogen (secondary N) is 2. The molecule has 0 saturated carbocycles. The van der Waals surface area contributed by atoms with Crippen molar-refractivity contribution in [2.45, 2.75) is 51.5 Å². The summed E-state index contributed by atoms with van der Waals surface area (Å²) in [6.07, 6.45) is 5.09. The average Bonchev–Trinajstić information content (AvgIpc) is 3.04. The highest BCUT2D eigenvalue weighted by molar-refractivity contribution is 5.79. The fourth-order valence-corrected chi connectivity index (χ4v) is 2.67. The molecule has 1 amide bonds. The zero-order chi connectivity index (χ0) is 15.8. The van der Waals surface area contributed by atoms with Gasteiger partial charge in [-0.2, -0.15) is 0 Å². The maximum absolute atomic E-state index is 12.4. The molecular formula is C15H27N5O2. The number of nitrogens with zero attached hydrogens (tertiary/aromatic N) is 2. The van der Waals surface area contributed by atoms with Crippen molar-refractivity contribution in [3.63, 3.8) is 0 Å². The first-order chi connectivity index (χ1) is 10.7. The number of rotatable bonds is 8. The summed E-state index contributed by atoms with van der Waals surface area (Å²) < 4.78 is 5.63. The first-order valence-electron chi connectivity index (χ1n) is 8.28. The zero-order valence-electron chi connectivity index (χ0n) is 13.3. The number of amides is 1. The predicted octanol–water partition coefficient (Wildman–Crippen LogP) is 0.918. The highest BCUT2D eigenvalue weighted by Crippen LogP contribution is 2.21. The minimum absolute atomic E-state index is 0.0758. The van der Waals surface area contributed by atoms with Crippen molar-refractivity contribution in [2.75, 3.05) is 19.6 Å². The first kappa shape index (κ1) is 16.9. The van der Waals surface area contributed by atoms with Crippen LogP contribution < -0.4 is 16.4 Å². The third-order valence-corrected chi connectivity index (χ3v) is 4.06. The molecule has 2 heterocycles. The third kappa shape index (κ3) is 4.78. The molecule has 1 atom stereocenters. The van der Waals surface area contributed by atoms with Crippen molar-refractivity contribution in [2.24, 2.45) is 11.7 Å². The Kier molecular flexibility index (Phi) is 6.79. The van der Waals surface area contributed by atoms with E-state index in [-0.39, 0.29) is 17.9 Å². The van der Waals surface area contributed by atoms with Gasteiger partial charge in [0.2, 0.25) is 17.7 Å². The van der Waals surface area contributed by atoms with E-state index in [0.717, 1.165) is 45.2 Å². The number of carbonyl (C=O) groups is 1. The lowest BCUT2D eigenvalue weighted by Crippen LogP contribution is -2.39. The van der Waals surface area contributed by atoms with Gasteiger partial charge >= 0.3 is 0 Å². The van der Waals surface area contributed by atoms with E-state index < -0.39 is 0 Å². The summed E-state index contributed by atoms with van der Waals surface area (Å²) in [6.45, 7) is 4.42. The second-order valence-electron chi connectivity index (χ2n) is 5.76.